The summed E-state index contributed by atoms with van der Waals surface area (Å²) >= 11 is 0. The van der Waals surface area contributed by atoms with Gasteiger partial charge in [-0.3, -0.25) is 9.79 Å². The molecule has 0 aromatic heterocycles. The van der Waals surface area contributed by atoms with Gasteiger partial charge in [0, 0.05) is 26.2 Å². The van der Waals surface area contributed by atoms with Gasteiger partial charge in [0.1, 0.15) is 17.9 Å². The van der Waals surface area contributed by atoms with Gasteiger partial charge in [-0.1, -0.05) is 36.8 Å². The first-order valence-electron chi connectivity index (χ1n) is 12.1. The number of hydrogen-bond acceptors (Lipinski definition) is 5. The first-order chi connectivity index (χ1) is 15.6. The van der Waals surface area contributed by atoms with Gasteiger partial charge in [0.2, 0.25) is 5.91 Å². The van der Waals surface area contributed by atoms with Gasteiger partial charge in [0.15, 0.2) is 0 Å². The van der Waals surface area contributed by atoms with Crippen molar-refractivity contribution in [2.75, 3.05) is 19.6 Å². The Morgan fingerprint density at radius 1 is 1.06 bits per heavy atom. The quantitative estimate of drug-likeness (QED) is 0.700. The summed E-state index contributed by atoms with van der Waals surface area (Å²) in [6.07, 6.45) is 8.73. The topological polar surface area (TPSA) is 62.9 Å². The van der Waals surface area contributed by atoms with Crippen LogP contribution in [0.2, 0.25) is 0 Å². The molecule has 2 aliphatic heterocycles. The fourth-order valence-corrected chi connectivity index (χ4v) is 4.89. The number of carbonyl (C=O) groups is 1. The molecule has 1 aliphatic carbocycles. The highest BCUT2D eigenvalue weighted by Crippen LogP contribution is 2.30. The van der Waals surface area contributed by atoms with Gasteiger partial charge < -0.3 is 14.7 Å². The Kier molecular flexibility index (Phi) is 7.14. The van der Waals surface area contributed by atoms with Crippen LogP contribution in [0, 0.1) is 17.2 Å². The number of hydrogen-bond donors (Lipinski definition) is 0. The summed E-state index contributed by atoms with van der Waals surface area (Å²) in [6.45, 7) is 7.10. The lowest BCUT2D eigenvalue weighted by Crippen LogP contribution is -2.50. The maximum atomic E-state index is 13.7. The molecular weight excluding hydrogens is 398 g/mol. The standard InChI is InChI=1S/C26H35N5O/c1-20-24(16-27)25(29-14-7-4-8-15-29)31(18-23-10-5-3-6-11-23)21(2)26(32)30(19-28-20)17-22-12-9-13-22/h3,5-6,10-11,19-22H,4,7-9,12-15,17-18H2,1-2H3/b25-24-,28-19?. The zero-order chi connectivity index (χ0) is 22.5. The van der Waals surface area contributed by atoms with E-state index in [0.717, 1.165) is 43.9 Å². The molecule has 4 rings (SSSR count). The van der Waals surface area contributed by atoms with Crippen molar-refractivity contribution >= 4 is 12.2 Å². The maximum Gasteiger partial charge on any atom is 0.250 e. The van der Waals surface area contributed by atoms with Crippen molar-refractivity contribution in [3.63, 3.8) is 0 Å². The number of nitrogens with zero attached hydrogens (tertiary/aromatic N) is 5. The Labute approximate surface area is 192 Å². The third kappa shape index (κ3) is 4.82. The van der Waals surface area contributed by atoms with Gasteiger partial charge >= 0.3 is 0 Å². The number of amides is 1. The van der Waals surface area contributed by atoms with Gasteiger partial charge in [0.25, 0.3) is 0 Å². The van der Waals surface area contributed by atoms with E-state index in [1.807, 2.05) is 36.9 Å². The molecule has 2 atom stereocenters. The molecule has 1 aromatic rings. The third-order valence-corrected chi connectivity index (χ3v) is 7.12. The molecule has 6 heteroatoms. The third-order valence-electron chi connectivity index (χ3n) is 7.12. The number of aliphatic imine (C=N–C) groups is 1. The predicted octanol–water partition coefficient (Wildman–Crippen LogP) is 4.16. The molecule has 2 unspecified atom stereocenters. The smallest absolute Gasteiger partial charge is 0.250 e. The normalized spacial score (nSPS) is 27.4. The lowest BCUT2D eigenvalue weighted by Gasteiger charge is -2.42. The second kappa shape index (κ2) is 10.2. The minimum atomic E-state index is -0.382. The molecule has 0 spiro atoms. The Bertz CT molecular complexity index is 893. The van der Waals surface area contributed by atoms with Gasteiger partial charge in [-0.25, -0.2) is 0 Å². The molecule has 32 heavy (non-hydrogen) atoms. The average molecular weight is 434 g/mol. The fourth-order valence-electron chi connectivity index (χ4n) is 4.89. The van der Waals surface area contributed by atoms with Crippen LogP contribution < -0.4 is 0 Å². The van der Waals surface area contributed by atoms with Crippen molar-refractivity contribution in [1.29, 1.82) is 5.26 Å². The summed E-state index contributed by atoms with van der Waals surface area (Å²) in [5.74, 6) is 1.52. The molecule has 2 fully saturated rings. The van der Waals surface area contributed by atoms with Gasteiger partial charge in [-0.05, 0) is 57.4 Å². The predicted molar refractivity (Wildman–Crippen MR) is 127 cm³/mol. The summed E-state index contributed by atoms with van der Waals surface area (Å²) in [4.78, 5) is 24.7. The van der Waals surface area contributed by atoms with Crippen LogP contribution in [0.4, 0.5) is 0 Å². The van der Waals surface area contributed by atoms with E-state index < -0.39 is 0 Å². The number of rotatable bonds is 5. The van der Waals surface area contributed by atoms with E-state index >= 15 is 0 Å². The van der Waals surface area contributed by atoms with Crippen LogP contribution in [0.15, 0.2) is 46.7 Å². The summed E-state index contributed by atoms with van der Waals surface area (Å²) in [5, 5.41) is 10.2. The molecule has 1 aromatic carbocycles. The molecule has 3 aliphatic rings. The number of carbonyl (C=O) groups excluding carboxylic acids is 1. The molecule has 0 radical (unpaired) electrons. The zero-order valence-corrected chi connectivity index (χ0v) is 19.4. The Balaban J connectivity index is 1.76. The molecule has 0 bridgehead atoms. The molecule has 6 nitrogen and oxygen atoms in total. The lowest BCUT2D eigenvalue weighted by molar-refractivity contribution is -0.133. The molecule has 1 saturated carbocycles. The maximum absolute atomic E-state index is 13.7. The van der Waals surface area contributed by atoms with Crippen molar-refractivity contribution in [1.82, 2.24) is 14.7 Å². The minimum absolute atomic E-state index is 0.0671. The molecule has 0 N–H and O–H groups in total. The van der Waals surface area contributed by atoms with Crippen LogP contribution in [-0.2, 0) is 11.3 Å². The van der Waals surface area contributed by atoms with Crippen LogP contribution in [0.1, 0.15) is 57.9 Å². The van der Waals surface area contributed by atoms with E-state index in [2.05, 4.69) is 28.0 Å². The van der Waals surface area contributed by atoms with Crippen molar-refractivity contribution in [2.24, 2.45) is 10.9 Å². The highest BCUT2D eigenvalue weighted by Gasteiger charge is 2.35. The highest BCUT2D eigenvalue weighted by molar-refractivity contribution is 5.91. The molecule has 2 heterocycles. The van der Waals surface area contributed by atoms with Crippen molar-refractivity contribution in [2.45, 2.75) is 71.0 Å². The van der Waals surface area contributed by atoms with Crippen molar-refractivity contribution in [3.05, 3.63) is 47.3 Å². The van der Waals surface area contributed by atoms with Crippen LogP contribution in [0.5, 0.6) is 0 Å². The Morgan fingerprint density at radius 3 is 2.41 bits per heavy atom. The van der Waals surface area contributed by atoms with Crippen LogP contribution >= 0.6 is 0 Å². The second-order valence-electron chi connectivity index (χ2n) is 9.41. The number of piperidine rings is 1. The van der Waals surface area contributed by atoms with Crippen LogP contribution in [0.3, 0.4) is 0 Å². The first-order valence-corrected chi connectivity index (χ1v) is 12.1. The lowest BCUT2D eigenvalue weighted by atomic mass is 9.85. The number of benzene rings is 1. The van der Waals surface area contributed by atoms with E-state index in [-0.39, 0.29) is 18.0 Å². The zero-order valence-electron chi connectivity index (χ0n) is 19.4. The summed E-state index contributed by atoms with van der Waals surface area (Å²) < 4.78 is 0. The monoisotopic (exact) mass is 433 g/mol. The SMILES string of the molecule is CC1N=CN(CC2CCC2)C(=O)C(C)N(Cc2ccccc2)/C(N2CCCCC2)=C\1C#N. The summed E-state index contributed by atoms with van der Waals surface area (Å²) in [5.41, 5.74) is 1.79. The van der Waals surface area contributed by atoms with E-state index in [4.69, 9.17) is 4.99 Å². The molecule has 170 valence electrons. The fraction of sp³-hybridized carbons (Fsp3) is 0.577. The largest absolute Gasteiger partial charge is 0.357 e. The van der Waals surface area contributed by atoms with E-state index in [0.29, 0.717) is 18.0 Å². The first kappa shape index (κ1) is 22.4. The minimum Gasteiger partial charge on any atom is -0.357 e. The summed E-state index contributed by atoms with van der Waals surface area (Å²) in [7, 11) is 0. The molecular formula is C26H35N5O. The molecule has 1 amide bonds. The van der Waals surface area contributed by atoms with Crippen LogP contribution in [-0.4, -0.2) is 58.7 Å². The number of likely N-dealkylation sites (tertiary alicyclic amines) is 1. The highest BCUT2D eigenvalue weighted by atomic mass is 16.2. The average Bonchev–Trinajstić information content (AvgIpc) is 2.83. The Hall–Kier alpha value is -2.81. The molecule has 1 saturated heterocycles. The summed E-state index contributed by atoms with van der Waals surface area (Å²) in [6, 6.07) is 12.1. The van der Waals surface area contributed by atoms with Gasteiger partial charge in [-0.15, -0.1) is 0 Å². The van der Waals surface area contributed by atoms with E-state index in [1.54, 1.807) is 6.34 Å². The van der Waals surface area contributed by atoms with E-state index in [1.165, 1.54) is 25.7 Å². The Morgan fingerprint density at radius 2 is 1.78 bits per heavy atom. The number of nitriles is 1. The second-order valence-corrected chi connectivity index (χ2v) is 9.41. The van der Waals surface area contributed by atoms with E-state index in [9.17, 15) is 10.1 Å². The van der Waals surface area contributed by atoms with Gasteiger partial charge in [-0.2, -0.15) is 5.26 Å². The van der Waals surface area contributed by atoms with Crippen molar-refractivity contribution < 1.29 is 4.79 Å². The van der Waals surface area contributed by atoms with Crippen molar-refractivity contribution in [3.8, 4) is 6.07 Å². The van der Waals surface area contributed by atoms with Gasteiger partial charge in [0.05, 0.1) is 18.0 Å². The van der Waals surface area contributed by atoms with Crippen LogP contribution in [0.25, 0.3) is 0 Å².